The SMILES string of the molecule is C[C@H]1C[C@@H]([C@@H]2C[C@@H]3CC[C@@]2(C)C3(C)C)[C@@H](O)C[C@@H]1C. The van der Waals surface area contributed by atoms with Gasteiger partial charge < -0.3 is 5.11 Å². The lowest BCUT2D eigenvalue weighted by atomic mass is 9.58. The zero-order valence-electron chi connectivity index (χ0n) is 13.4. The molecule has 0 aliphatic heterocycles. The number of hydrogen-bond acceptors (Lipinski definition) is 1. The Morgan fingerprint density at radius 1 is 0.947 bits per heavy atom. The predicted molar refractivity (Wildman–Crippen MR) is 79.8 cm³/mol. The van der Waals surface area contributed by atoms with E-state index in [2.05, 4.69) is 34.6 Å². The highest BCUT2D eigenvalue weighted by Gasteiger charge is 2.63. The highest BCUT2D eigenvalue weighted by atomic mass is 16.3. The summed E-state index contributed by atoms with van der Waals surface area (Å²) in [5, 5.41) is 10.6. The quantitative estimate of drug-likeness (QED) is 0.739. The lowest BCUT2D eigenvalue weighted by Crippen LogP contribution is -2.44. The Morgan fingerprint density at radius 2 is 1.58 bits per heavy atom. The van der Waals surface area contributed by atoms with Gasteiger partial charge in [0.05, 0.1) is 6.10 Å². The Kier molecular flexibility index (Phi) is 3.10. The normalized spacial score (nSPS) is 56.5. The molecule has 0 radical (unpaired) electrons. The molecule has 0 saturated heterocycles. The van der Waals surface area contributed by atoms with Gasteiger partial charge >= 0.3 is 0 Å². The van der Waals surface area contributed by atoms with Crippen LogP contribution in [0.25, 0.3) is 0 Å². The van der Waals surface area contributed by atoms with Crippen LogP contribution in [-0.4, -0.2) is 11.2 Å². The number of aliphatic hydroxyl groups excluding tert-OH is 1. The van der Waals surface area contributed by atoms with E-state index >= 15 is 0 Å². The van der Waals surface area contributed by atoms with Crippen LogP contribution in [0.15, 0.2) is 0 Å². The zero-order chi connectivity index (χ0) is 14.0. The maximum atomic E-state index is 10.6. The minimum absolute atomic E-state index is 0.0387. The maximum Gasteiger partial charge on any atom is 0.0574 e. The minimum atomic E-state index is -0.0387. The van der Waals surface area contributed by atoms with Crippen LogP contribution in [0.2, 0.25) is 0 Å². The summed E-state index contributed by atoms with van der Waals surface area (Å²) in [5.41, 5.74) is 0.966. The molecule has 1 N–H and O–H groups in total. The second-order valence-electron chi connectivity index (χ2n) is 8.87. The van der Waals surface area contributed by atoms with E-state index in [1.54, 1.807) is 0 Å². The van der Waals surface area contributed by atoms with Crippen molar-refractivity contribution in [1.82, 2.24) is 0 Å². The fourth-order valence-corrected chi connectivity index (χ4v) is 5.95. The summed E-state index contributed by atoms with van der Waals surface area (Å²) in [5.74, 6) is 3.74. The van der Waals surface area contributed by atoms with Gasteiger partial charge in [0, 0.05) is 0 Å². The van der Waals surface area contributed by atoms with E-state index in [9.17, 15) is 5.11 Å². The van der Waals surface area contributed by atoms with Crippen LogP contribution >= 0.6 is 0 Å². The van der Waals surface area contributed by atoms with Gasteiger partial charge in [-0.15, -0.1) is 0 Å². The molecule has 3 aliphatic rings. The number of hydrogen-bond donors (Lipinski definition) is 1. The topological polar surface area (TPSA) is 20.2 Å². The molecule has 3 fully saturated rings. The molecule has 3 saturated carbocycles. The number of fused-ring (bicyclic) bond motifs is 2. The van der Waals surface area contributed by atoms with E-state index in [4.69, 9.17) is 0 Å². The summed E-state index contributed by atoms with van der Waals surface area (Å²) >= 11 is 0. The van der Waals surface area contributed by atoms with E-state index in [-0.39, 0.29) is 6.10 Å². The van der Waals surface area contributed by atoms with E-state index in [1.165, 1.54) is 25.7 Å². The van der Waals surface area contributed by atoms with Gasteiger partial charge in [-0.2, -0.15) is 0 Å². The van der Waals surface area contributed by atoms with Crippen LogP contribution in [-0.2, 0) is 0 Å². The fourth-order valence-electron chi connectivity index (χ4n) is 5.95. The molecule has 3 aliphatic carbocycles. The van der Waals surface area contributed by atoms with Crippen molar-refractivity contribution < 1.29 is 5.11 Å². The second kappa shape index (κ2) is 4.23. The Balaban J connectivity index is 1.84. The summed E-state index contributed by atoms with van der Waals surface area (Å²) in [7, 11) is 0. The lowest BCUT2D eigenvalue weighted by molar-refractivity contribution is -0.0469. The van der Waals surface area contributed by atoms with Crippen LogP contribution in [0.4, 0.5) is 0 Å². The molecule has 19 heavy (non-hydrogen) atoms. The first-order valence-electron chi connectivity index (χ1n) is 8.45. The summed E-state index contributed by atoms with van der Waals surface area (Å²) < 4.78 is 0. The second-order valence-corrected chi connectivity index (χ2v) is 8.87. The molecule has 0 aromatic heterocycles. The smallest absolute Gasteiger partial charge is 0.0574 e. The highest BCUT2D eigenvalue weighted by Crippen LogP contribution is 2.70. The standard InChI is InChI=1S/C18H32O/c1-11-8-14(16(19)9-12(11)2)15-10-13-6-7-18(15,5)17(13,3)4/h11-16,19H,6-10H2,1-5H3/t11-,12-,13-,14-,15-,16-,18+/m0/s1. The predicted octanol–water partition coefficient (Wildman–Crippen LogP) is 4.49. The fraction of sp³-hybridized carbons (Fsp3) is 1.00. The van der Waals surface area contributed by atoms with Crippen LogP contribution in [0, 0.1) is 40.4 Å². The molecule has 0 unspecified atom stereocenters. The summed E-state index contributed by atoms with van der Waals surface area (Å²) in [6.45, 7) is 12.2. The monoisotopic (exact) mass is 264 g/mol. The van der Waals surface area contributed by atoms with E-state index in [1.807, 2.05) is 0 Å². The molecule has 0 aromatic carbocycles. The average molecular weight is 264 g/mol. The Morgan fingerprint density at radius 3 is 2.11 bits per heavy atom. The van der Waals surface area contributed by atoms with Crippen LogP contribution in [0.3, 0.4) is 0 Å². The lowest BCUT2D eigenvalue weighted by Gasteiger charge is -2.47. The van der Waals surface area contributed by atoms with Crippen molar-refractivity contribution in [3.8, 4) is 0 Å². The molecule has 110 valence electrons. The molecule has 1 nitrogen and oxygen atoms in total. The molecule has 0 heterocycles. The highest BCUT2D eigenvalue weighted by molar-refractivity contribution is 5.12. The summed E-state index contributed by atoms with van der Waals surface area (Å²) in [6, 6.07) is 0. The zero-order valence-corrected chi connectivity index (χ0v) is 13.4. The van der Waals surface area contributed by atoms with Gasteiger partial charge in [-0.3, -0.25) is 0 Å². The van der Waals surface area contributed by atoms with Crippen molar-refractivity contribution in [2.24, 2.45) is 40.4 Å². The summed E-state index contributed by atoms with van der Waals surface area (Å²) in [4.78, 5) is 0. The van der Waals surface area contributed by atoms with Gasteiger partial charge in [-0.05, 0) is 72.5 Å². The third-order valence-electron chi connectivity index (χ3n) is 8.10. The van der Waals surface area contributed by atoms with Crippen molar-refractivity contribution in [1.29, 1.82) is 0 Å². The Labute approximate surface area is 119 Å². The van der Waals surface area contributed by atoms with Gasteiger partial charge in [0.1, 0.15) is 0 Å². The third-order valence-corrected chi connectivity index (χ3v) is 8.10. The number of rotatable bonds is 1. The molecule has 0 spiro atoms. The van der Waals surface area contributed by atoms with Crippen LogP contribution < -0.4 is 0 Å². The summed E-state index contributed by atoms with van der Waals surface area (Å²) in [6.07, 6.45) is 6.45. The van der Waals surface area contributed by atoms with E-state index in [0.29, 0.717) is 22.7 Å². The Hall–Kier alpha value is -0.0400. The van der Waals surface area contributed by atoms with Gasteiger partial charge in [-0.1, -0.05) is 34.6 Å². The molecule has 7 atom stereocenters. The van der Waals surface area contributed by atoms with Crippen molar-refractivity contribution in [3.05, 3.63) is 0 Å². The van der Waals surface area contributed by atoms with Gasteiger partial charge in [0.2, 0.25) is 0 Å². The Bertz CT molecular complexity index is 361. The van der Waals surface area contributed by atoms with Crippen molar-refractivity contribution in [2.75, 3.05) is 0 Å². The minimum Gasteiger partial charge on any atom is -0.393 e. The first-order chi connectivity index (χ1) is 8.77. The van der Waals surface area contributed by atoms with Gasteiger partial charge in [0.15, 0.2) is 0 Å². The number of aliphatic hydroxyl groups is 1. The molecule has 3 rings (SSSR count). The average Bonchev–Trinajstić information content (AvgIpc) is 2.66. The van der Waals surface area contributed by atoms with Gasteiger partial charge in [0.25, 0.3) is 0 Å². The van der Waals surface area contributed by atoms with Crippen LogP contribution in [0.1, 0.15) is 66.7 Å². The van der Waals surface area contributed by atoms with Crippen LogP contribution in [0.5, 0.6) is 0 Å². The van der Waals surface area contributed by atoms with Crippen molar-refractivity contribution >= 4 is 0 Å². The molecule has 1 heteroatoms. The first kappa shape index (κ1) is 13.9. The van der Waals surface area contributed by atoms with E-state index < -0.39 is 0 Å². The van der Waals surface area contributed by atoms with E-state index in [0.717, 1.165) is 24.2 Å². The third kappa shape index (κ3) is 1.76. The molecule has 2 bridgehead atoms. The molecule has 0 aromatic rings. The maximum absolute atomic E-state index is 10.6. The largest absolute Gasteiger partial charge is 0.393 e. The molecular formula is C18H32O. The molecule has 0 amide bonds. The first-order valence-corrected chi connectivity index (χ1v) is 8.45. The van der Waals surface area contributed by atoms with Gasteiger partial charge in [-0.25, -0.2) is 0 Å². The van der Waals surface area contributed by atoms with Crippen molar-refractivity contribution in [2.45, 2.75) is 72.8 Å². The molecular weight excluding hydrogens is 232 g/mol. The van der Waals surface area contributed by atoms with Crippen molar-refractivity contribution in [3.63, 3.8) is 0 Å².